The Bertz CT molecular complexity index is 1110. The van der Waals surface area contributed by atoms with Crippen molar-refractivity contribution in [2.45, 2.75) is 56.3 Å². The van der Waals surface area contributed by atoms with E-state index in [2.05, 4.69) is 19.8 Å². The topological polar surface area (TPSA) is 99.9 Å². The average Bonchev–Trinajstić information content (AvgIpc) is 3.31. The lowest BCUT2D eigenvalue weighted by atomic mass is 9.38. The zero-order chi connectivity index (χ0) is 22.1. The SMILES string of the molecule is O=C(COc1ccc2c(c1)OC(F)(F)O2)CC12CC(NC(=O)c3cnc(C4CC4)o3)(C1)C2. The zero-order valence-electron chi connectivity index (χ0n) is 17.0. The Morgan fingerprint density at radius 1 is 1.16 bits per heavy atom. The number of halogens is 2. The van der Waals surface area contributed by atoms with Crippen LogP contribution in [0.3, 0.4) is 0 Å². The fourth-order valence-electron chi connectivity index (χ4n) is 5.18. The number of ketones is 1. The molecule has 2 bridgehead atoms. The number of hydrogen-bond acceptors (Lipinski definition) is 7. The van der Waals surface area contributed by atoms with Crippen molar-refractivity contribution >= 4 is 11.7 Å². The minimum atomic E-state index is -3.70. The van der Waals surface area contributed by atoms with Gasteiger partial charge in [-0.2, -0.15) is 0 Å². The fourth-order valence-corrected chi connectivity index (χ4v) is 5.18. The van der Waals surface area contributed by atoms with Gasteiger partial charge in [0, 0.05) is 23.9 Å². The molecule has 0 radical (unpaired) electrons. The number of fused-ring (bicyclic) bond motifs is 1. The number of carbonyl (C=O) groups excluding carboxylic acids is 2. The molecule has 5 aliphatic rings. The van der Waals surface area contributed by atoms with Crippen molar-refractivity contribution < 1.29 is 37.0 Å². The summed E-state index contributed by atoms with van der Waals surface area (Å²) in [5.41, 5.74) is -0.376. The van der Waals surface area contributed by atoms with Crippen LogP contribution in [-0.4, -0.2) is 35.1 Å². The van der Waals surface area contributed by atoms with Gasteiger partial charge in [-0.15, -0.1) is 8.78 Å². The summed E-state index contributed by atoms with van der Waals surface area (Å²) in [6, 6.07) is 4.03. The van der Waals surface area contributed by atoms with Crippen LogP contribution in [-0.2, 0) is 4.79 Å². The number of amides is 1. The highest BCUT2D eigenvalue weighted by Crippen LogP contribution is 2.69. The zero-order valence-corrected chi connectivity index (χ0v) is 17.0. The first-order chi connectivity index (χ1) is 15.2. The van der Waals surface area contributed by atoms with E-state index < -0.39 is 6.29 Å². The number of hydrogen-bond donors (Lipinski definition) is 1. The Morgan fingerprint density at radius 3 is 2.66 bits per heavy atom. The number of benzene rings is 1. The Hall–Kier alpha value is -3.17. The summed E-state index contributed by atoms with van der Waals surface area (Å²) in [5, 5.41) is 3.03. The van der Waals surface area contributed by atoms with E-state index in [1.54, 1.807) is 0 Å². The Balaban J connectivity index is 0.972. The predicted octanol–water partition coefficient (Wildman–Crippen LogP) is 3.56. The van der Waals surface area contributed by atoms with Crippen LogP contribution in [0.1, 0.15) is 60.9 Å². The standard InChI is InChI=1S/C22H20F2N2O6/c23-22(24)31-15-4-3-14(5-16(15)32-22)29-8-13(27)6-20-9-21(10-20,11-20)26-18(28)17-7-25-19(30-17)12-1-2-12/h3-5,7,12H,1-2,6,8-11H2,(H,26,28). The molecule has 2 aromatic rings. The number of ether oxygens (including phenoxy) is 3. The second-order valence-electron chi connectivity index (χ2n) is 9.38. The smallest absolute Gasteiger partial charge is 0.486 e. The minimum Gasteiger partial charge on any atom is -0.486 e. The molecule has 1 N–H and O–H groups in total. The summed E-state index contributed by atoms with van der Waals surface area (Å²) in [6.45, 7) is -0.168. The quantitative estimate of drug-likeness (QED) is 0.662. The van der Waals surface area contributed by atoms with E-state index in [0.29, 0.717) is 18.2 Å². The maximum Gasteiger partial charge on any atom is 0.586 e. The van der Waals surface area contributed by atoms with Crippen molar-refractivity contribution in [2.75, 3.05) is 6.61 Å². The number of nitrogens with one attached hydrogen (secondary N) is 1. The number of rotatable bonds is 8. The van der Waals surface area contributed by atoms with Gasteiger partial charge in [-0.3, -0.25) is 9.59 Å². The molecule has 0 saturated heterocycles. The lowest BCUT2D eigenvalue weighted by Crippen LogP contribution is -2.75. The monoisotopic (exact) mass is 446 g/mol. The molecule has 4 saturated carbocycles. The maximum atomic E-state index is 13.1. The molecule has 1 aromatic heterocycles. The normalized spacial score (nSPS) is 28.4. The van der Waals surface area contributed by atoms with Crippen LogP contribution in [0.5, 0.6) is 17.2 Å². The van der Waals surface area contributed by atoms with E-state index in [-0.39, 0.29) is 52.3 Å². The van der Waals surface area contributed by atoms with Gasteiger partial charge in [0.2, 0.25) is 5.76 Å². The van der Waals surface area contributed by atoms with E-state index in [1.165, 1.54) is 24.4 Å². The molecule has 0 atom stereocenters. The highest BCUT2D eigenvalue weighted by Gasteiger charge is 2.68. The second kappa shape index (κ2) is 6.43. The number of carbonyl (C=O) groups is 2. The molecule has 10 heteroatoms. The van der Waals surface area contributed by atoms with Crippen molar-refractivity contribution in [3.8, 4) is 17.2 Å². The van der Waals surface area contributed by atoms with Gasteiger partial charge in [0.1, 0.15) is 12.4 Å². The van der Waals surface area contributed by atoms with Gasteiger partial charge < -0.3 is 23.9 Å². The number of nitrogens with zero attached hydrogens (tertiary/aromatic N) is 1. The van der Waals surface area contributed by atoms with E-state index in [0.717, 1.165) is 32.1 Å². The van der Waals surface area contributed by atoms with Gasteiger partial charge in [-0.1, -0.05) is 0 Å². The number of alkyl halides is 2. The molecule has 8 nitrogen and oxygen atoms in total. The first-order valence-corrected chi connectivity index (χ1v) is 10.5. The van der Waals surface area contributed by atoms with Crippen LogP contribution in [0, 0.1) is 5.41 Å². The molecule has 1 aliphatic heterocycles. The lowest BCUT2D eigenvalue weighted by molar-refractivity contribution is -0.286. The van der Waals surface area contributed by atoms with E-state index >= 15 is 0 Å². The van der Waals surface area contributed by atoms with Crippen LogP contribution in [0.2, 0.25) is 0 Å². The average molecular weight is 446 g/mol. The number of Topliss-reactive ketones (excluding diaryl/α,β-unsaturated/α-hetero) is 1. The van der Waals surface area contributed by atoms with E-state index in [1.807, 2.05) is 0 Å². The van der Waals surface area contributed by atoms with E-state index in [9.17, 15) is 18.4 Å². The summed E-state index contributed by atoms with van der Waals surface area (Å²) < 4.78 is 45.9. The van der Waals surface area contributed by atoms with Crippen LogP contribution in [0.4, 0.5) is 8.78 Å². The van der Waals surface area contributed by atoms with Crippen LogP contribution in [0.25, 0.3) is 0 Å². The fraction of sp³-hybridized carbons (Fsp3) is 0.500. The largest absolute Gasteiger partial charge is 0.586 e. The van der Waals surface area contributed by atoms with Crippen LogP contribution in [0.15, 0.2) is 28.8 Å². The van der Waals surface area contributed by atoms with Gasteiger partial charge in [0.05, 0.1) is 6.20 Å². The first-order valence-electron chi connectivity index (χ1n) is 10.5. The predicted molar refractivity (Wildman–Crippen MR) is 103 cm³/mol. The first kappa shape index (κ1) is 19.5. The van der Waals surface area contributed by atoms with Crippen molar-refractivity contribution in [1.82, 2.24) is 10.3 Å². The van der Waals surface area contributed by atoms with Crippen LogP contribution >= 0.6 is 0 Å². The number of oxazole rings is 1. The highest BCUT2D eigenvalue weighted by atomic mass is 19.3. The second-order valence-corrected chi connectivity index (χ2v) is 9.38. The summed E-state index contributed by atoms with van der Waals surface area (Å²) in [7, 11) is 0. The van der Waals surface area contributed by atoms with Gasteiger partial charge in [-0.05, 0) is 49.7 Å². The van der Waals surface area contributed by atoms with Crippen LogP contribution < -0.4 is 19.5 Å². The van der Waals surface area contributed by atoms with Crippen molar-refractivity contribution in [3.05, 3.63) is 36.0 Å². The lowest BCUT2D eigenvalue weighted by Gasteiger charge is -2.70. The number of aromatic nitrogens is 1. The van der Waals surface area contributed by atoms with Crippen molar-refractivity contribution in [3.63, 3.8) is 0 Å². The van der Waals surface area contributed by atoms with E-state index in [4.69, 9.17) is 9.15 Å². The third-order valence-corrected chi connectivity index (χ3v) is 6.54. The Labute approximate surface area is 181 Å². The van der Waals surface area contributed by atoms with Gasteiger partial charge in [-0.25, -0.2) is 4.98 Å². The third-order valence-electron chi connectivity index (χ3n) is 6.54. The molecule has 168 valence electrons. The molecule has 1 amide bonds. The molecule has 4 aliphatic carbocycles. The van der Waals surface area contributed by atoms with Crippen molar-refractivity contribution in [2.24, 2.45) is 5.41 Å². The molecule has 32 heavy (non-hydrogen) atoms. The van der Waals surface area contributed by atoms with Gasteiger partial charge >= 0.3 is 6.29 Å². The molecule has 2 heterocycles. The molecular formula is C22H20F2N2O6. The maximum absolute atomic E-state index is 13.1. The molecule has 0 unspecified atom stereocenters. The molecule has 7 rings (SSSR count). The third kappa shape index (κ3) is 3.37. The molecule has 4 fully saturated rings. The molecule has 0 spiro atoms. The Kier molecular flexibility index (Phi) is 3.92. The molecule has 1 aromatic carbocycles. The highest BCUT2D eigenvalue weighted by molar-refractivity contribution is 5.92. The van der Waals surface area contributed by atoms with Gasteiger partial charge in [0.25, 0.3) is 5.91 Å². The van der Waals surface area contributed by atoms with Gasteiger partial charge in [0.15, 0.2) is 23.2 Å². The summed E-state index contributed by atoms with van der Waals surface area (Å²) in [6.07, 6.45) is 2.44. The summed E-state index contributed by atoms with van der Waals surface area (Å²) in [4.78, 5) is 29.0. The molecular weight excluding hydrogens is 426 g/mol. The summed E-state index contributed by atoms with van der Waals surface area (Å²) >= 11 is 0. The Morgan fingerprint density at radius 2 is 1.91 bits per heavy atom. The minimum absolute atomic E-state index is 0.0796. The summed E-state index contributed by atoms with van der Waals surface area (Å²) in [5.74, 6) is 0.899. The van der Waals surface area contributed by atoms with Crippen molar-refractivity contribution in [1.29, 1.82) is 0 Å².